The molecule has 0 bridgehead atoms. The number of pyridine rings is 1. The highest BCUT2D eigenvalue weighted by atomic mass is 28.4. The van der Waals surface area contributed by atoms with Crippen molar-refractivity contribution >= 4 is 25.2 Å². The third kappa shape index (κ3) is 7.16. The number of aromatic hydroxyl groups is 1. The minimum atomic E-state index is -2.11. The third-order valence-corrected chi connectivity index (χ3v) is 12.1. The number of carbonyl (C=O) groups is 1. The van der Waals surface area contributed by atoms with Crippen LogP contribution in [0.2, 0.25) is 18.1 Å². The first kappa shape index (κ1) is 27.4. The van der Waals surface area contributed by atoms with Crippen LogP contribution in [0.5, 0.6) is 5.75 Å². The number of nitrogens with one attached hydrogen (secondary N) is 2. The number of hydrogen-bond donors (Lipinski definition) is 4. The number of fused-ring (bicyclic) bond motifs is 1. The van der Waals surface area contributed by atoms with Crippen molar-refractivity contribution in [1.82, 2.24) is 15.2 Å². The summed E-state index contributed by atoms with van der Waals surface area (Å²) in [4.78, 5) is 27.7. The number of hydrogen-bond acceptors (Lipinski definition) is 6. The molecule has 1 aromatic carbocycles. The number of carboxylic acids is 1. The van der Waals surface area contributed by atoms with E-state index in [1.807, 2.05) is 6.07 Å². The number of benzene rings is 1. The topological polar surface area (TPSA) is 115 Å². The largest absolute Gasteiger partial charge is 0.506 e. The van der Waals surface area contributed by atoms with E-state index in [-0.39, 0.29) is 28.9 Å². The lowest BCUT2D eigenvalue weighted by atomic mass is 9.96. The number of carboxylic acid groups (broad SMARTS) is 1. The molecule has 4 N–H and O–H groups in total. The van der Waals surface area contributed by atoms with Gasteiger partial charge in [0.25, 0.3) is 0 Å². The van der Waals surface area contributed by atoms with Gasteiger partial charge >= 0.3 is 5.97 Å². The molecule has 0 spiro atoms. The molecule has 9 heteroatoms. The molecule has 2 heterocycles. The zero-order chi connectivity index (χ0) is 25.8. The van der Waals surface area contributed by atoms with E-state index in [0.717, 1.165) is 43.4 Å². The molecule has 2 aromatic rings. The Kier molecular flexibility index (Phi) is 8.80. The van der Waals surface area contributed by atoms with Gasteiger partial charge in [-0.1, -0.05) is 26.8 Å². The second-order valence-corrected chi connectivity index (χ2v) is 16.0. The summed E-state index contributed by atoms with van der Waals surface area (Å²) in [5, 5.41) is 23.7. The molecule has 35 heavy (non-hydrogen) atoms. The van der Waals surface area contributed by atoms with E-state index in [4.69, 9.17) is 9.53 Å². The van der Waals surface area contributed by atoms with Gasteiger partial charge in [0.05, 0.1) is 18.0 Å². The van der Waals surface area contributed by atoms with Crippen molar-refractivity contribution in [2.45, 2.75) is 64.3 Å². The summed E-state index contributed by atoms with van der Waals surface area (Å²) in [6.07, 6.45) is 2.06. The van der Waals surface area contributed by atoms with Crippen LogP contribution in [0.3, 0.4) is 0 Å². The maximum absolute atomic E-state index is 11.9. The summed E-state index contributed by atoms with van der Waals surface area (Å²) in [7, 11) is -2.11. The highest BCUT2D eigenvalue weighted by molar-refractivity contribution is 6.74. The summed E-state index contributed by atoms with van der Waals surface area (Å²) in [6.45, 7) is 15.1. The number of aliphatic carboxylic acids is 1. The summed E-state index contributed by atoms with van der Waals surface area (Å²) < 4.78 is 6.87. The van der Waals surface area contributed by atoms with Gasteiger partial charge in [0, 0.05) is 24.5 Å². The Labute approximate surface area is 208 Å². The third-order valence-electron chi connectivity index (χ3n) is 7.61. The predicted octanol–water partition coefficient (Wildman–Crippen LogP) is 4.07. The summed E-state index contributed by atoms with van der Waals surface area (Å²) in [6, 6.07) is 6.77. The fourth-order valence-electron chi connectivity index (χ4n) is 4.37. The first-order chi connectivity index (χ1) is 16.4. The van der Waals surface area contributed by atoms with Gasteiger partial charge in [-0.15, -0.1) is 0 Å². The van der Waals surface area contributed by atoms with Gasteiger partial charge in [-0.05, 0) is 74.2 Å². The Morgan fingerprint density at radius 3 is 2.54 bits per heavy atom. The highest BCUT2D eigenvalue weighted by Gasteiger charge is 2.39. The number of nitrogens with zero attached hydrogens (tertiary/aromatic N) is 1. The first-order valence-corrected chi connectivity index (χ1v) is 15.5. The van der Waals surface area contributed by atoms with E-state index in [0.29, 0.717) is 24.5 Å². The van der Waals surface area contributed by atoms with Crippen molar-refractivity contribution < 1.29 is 19.4 Å². The lowest BCUT2D eigenvalue weighted by Crippen LogP contribution is -2.44. The maximum Gasteiger partial charge on any atom is 0.304 e. The lowest BCUT2D eigenvalue weighted by molar-refractivity contribution is -0.137. The van der Waals surface area contributed by atoms with Gasteiger partial charge in [-0.25, -0.2) is 0 Å². The monoisotopic (exact) mass is 503 g/mol. The van der Waals surface area contributed by atoms with Gasteiger partial charge < -0.3 is 29.8 Å². The number of H-pyrrole nitrogens is 1. The molecule has 3 rings (SSSR count). The van der Waals surface area contributed by atoms with E-state index in [1.165, 1.54) is 6.07 Å². The van der Waals surface area contributed by atoms with Crippen molar-refractivity contribution in [1.29, 1.82) is 0 Å². The molecule has 0 amide bonds. The zero-order valence-corrected chi connectivity index (χ0v) is 22.7. The molecule has 1 aliphatic heterocycles. The number of aromatic nitrogens is 1. The van der Waals surface area contributed by atoms with Crippen LogP contribution in [0.15, 0.2) is 29.1 Å². The van der Waals surface area contributed by atoms with Crippen molar-refractivity contribution in [3.8, 4) is 5.75 Å². The average Bonchev–Trinajstić information content (AvgIpc) is 2.77. The molecular weight excluding hydrogens is 462 g/mol. The van der Waals surface area contributed by atoms with Gasteiger partial charge in [0.1, 0.15) is 5.75 Å². The Morgan fingerprint density at radius 2 is 1.91 bits per heavy atom. The highest BCUT2D eigenvalue weighted by Crippen LogP contribution is 2.41. The van der Waals surface area contributed by atoms with Crippen molar-refractivity contribution in [2.24, 2.45) is 5.92 Å². The Hall–Kier alpha value is -2.20. The second-order valence-electron chi connectivity index (χ2n) is 11.2. The molecule has 194 valence electrons. The Bertz CT molecular complexity index is 1070. The van der Waals surface area contributed by atoms with E-state index in [9.17, 15) is 14.7 Å². The van der Waals surface area contributed by atoms with Crippen LogP contribution in [0.4, 0.5) is 0 Å². The fraction of sp³-hybridized carbons (Fsp3) is 0.615. The van der Waals surface area contributed by atoms with E-state index >= 15 is 0 Å². The van der Waals surface area contributed by atoms with Crippen LogP contribution in [0.1, 0.15) is 51.7 Å². The van der Waals surface area contributed by atoms with Crippen molar-refractivity contribution in [3.05, 3.63) is 40.2 Å². The minimum Gasteiger partial charge on any atom is -0.506 e. The van der Waals surface area contributed by atoms with Gasteiger partial charge in [0.15, 0.2) is 8.32 Å². The SMILES string of the molecule is CC(C)(C)[Si](C)(C)O[C@@H](CNCC1CCN(CCC(=O)O)CC1)c1ccc(O)c2[nH]c(=O)ccc12. The van der Waals surface area contributed by atoms with Crippen LogP contribution >= 0.6 is 0 Å². The smallest absolute Gasteiger partial charge is 0.304 e. The molecule has 1 atom stereocenters. The lowest BCUT2D eigenvalue weighted by Gasteiger charge is -2.40. The van der Waals surface area contributed by atoms with Crippen LogP contribution < -0.4 is 10.9 Å². The molecule has 1 saturated heterocycles. The number of piperidine rings is 1. The molecule has 1 fully saturated rings. The normalized spacial score (nSPS) is 17.1. The van der Waals surface area contributed by atoms with Gasteiger partial charge in [-0.2, -0.15) is 0 Å². The summed E-state index contributed by atoms with van der Waals surface area (Å²) in [5.74, 6) is -0.153. The second kappa shape index (κ2) is 11.2. The van der Waals surface area contributed by atoms with Crippen molar-refractivity contribution in [3.63, 3.8) is 0 Å². The van der Waals surface area contributed by atoms with Crippen LogP contribution in [0.25, 0.3) is 10.9 Å². The Balaban J connectivity index is 1.73. The van der Waals surface area contributed by atoms with Crippen molar-refractivity contribution in [2.75, 3.05) is 32.7 Å². The fourth-order valence-corrected chi connectivity index (χ4v) is 5.65. The Morgan fingerprint density at radius 1 is 1.23 bits per heavy atom. The van der Waals surface area contributed by atoms with Gasteiger partial charge in [-0.3, -0.25) is 9.59 Å². The molecular formula is C26H41N3O5Si. The average molecular weight is 504 g/mol. The van der Waals surface area contributed by atoms with E-state index in [2.05, 4.69) is 49.1 Å². The minimum absolute atomic E-state index is 0.0368. The van der Waals surface area contributed by atoms with Gasteiger partial charge in [0.2, 0.25) is 5.56 Å². The number of rotatable bonds is 10. The maximum atomic E-state index is 11.9. The van der Waals surface area contributed by atoms with Crippen LogP contribution in [0, 0.1) is 5.92 Å². The van der Waals surface area contributed by atoms with Crippen LogP contribution in [-0.2, 0) is 9.22 Å². The zero-order valence-electron chi connectivity index (χ0n) is 21.7. The standard InChI is InChI=1S/C26H41N3O5Si/c1-26(2,3)35(4,5)34-22(19-6-8-21(30)25-20(19)7-9-23(31)28-25)17-27-16-18-10-13-29(14-11-18)15-12-24(32)33/h6-9,18,22,27,30H,10-17H2,1-5H3,(H,28,31)(H,32,33)/t22-/m0/s1. The molecule has 1 aliphatic rings. The van der Waals surface area contributed by atoms with Crippen LogP contribution in [-0.4, -0.2) is 67.1 Å². The molecule has 1 aromatic heterocycles. The predicted molar refractivity (Wildman–Crippen MR) is 142 cm³/mol. The number of phenols is 1. The molecule has 8 nitrogen and oxygen atoms in total. The number of likely N-dealkylation sites (tertiary alicyclic amines) is 1. The number of aromatic amines is 1. The molecule has 0 unspecified atom stereocenters. The molecule has 0 radical (unpaired) electrons. The molecule has 0 aliphatic carbocycles. The van der Waals surface area contributed by atoms with E-state index < -0.39 is 14.3 Å². The quantitative estimate of drug-likeness (QED) is 0.361. The first-order valence-electron chi connectivity index (χ1n) is 12.5. The molecule has 0 saturated carbocycles. The van der Waals surface area contributed by atoms with E-state index in [1.54, 1.807) is 12.1 Å². The summed E-state index contributed by atoms with van der Waals surface area (Å²) in [5.41, 5.74) is 1.14. The number of phenolic OH excluding ortho intramolecular Hbond substituents is 1. The summed E-state index contributed by atoms with van der Waals surface area (Å²) >= 11 is 0.